The molecular formula is C14H21ClN2O2. The molecule has 1 heterocycles. The fourth-order valence-electron chi connectivity index (χ4n) is 2.19. The van der Waals surface area contributed by atoms with Crippen molar-refractivity contribution in [2.45, 2.75) is 13.0 Å². The van der Waals surface area contributed by atoms with Gasteiger partial charge in [0.1, 0.15) is 5.75 Å². The van der Waals surface area contributed by atoms with Crippen LogP contribution in [-0.2, 0) is 4.74 Å². The third-order valence-corrected chi connectivity index (χ3v) is 3.67. The van der Waals surface area contributed by atoms with Crippen molar-refractivity contribution in [1.82, 2.24) is 4.90 Å². The highest BCUT2D eigenvalue weighted by molar-refractivity contribution is 6.32. The molecule has 106 valence electrons. The van der Waals surface area contributed by atoms with Crippen molar-refractivity contribution in [3.8, 4) is 5.75 Å². The van der Waals surface area contributed by atoms with Crippen LogP contribution in [0.2, 0.25) is 5.02 Å². The molecular weight excluding hydrogens is 264 g/mol. The Morgan fingerprint density at radius 1 is 1.53 bits per heavy atom. The average molecular weight is 285 g/mol. The van der Waals surface area contributed by atoms with Crippen LogP contribution in [-0.4, -0.2) is 50.9 Å². The summed E-state index contributed by atoms with van der Waals surface area (Å²) in [6.45, 7) is 6.87. The number of likely N-dealkylation sites (N-methyl/N-ethyl adjacent to an activating group) is 1. The van der Waals surface area contributed by atoms with E-state index in [0.717, 1.165) is 38.5 Å². The Hall–Kier alpha value is -0.970. The molecule has 1 unspecified atom stereocenters. The quantitative estimate of drug-likeness (QED) is 0.901. The summed E-state index contributed by atoms with van der Waals surface area (Å²) < 4.78 is 11.0. The van der Waals surface area contributed by atoms with E-state index in [1.807, 2.05) is 18.2 Å². The number of ether oxygens (including phenoxy) is 2. The molecule has 2 rings (SSSR count). The third-order valence-electron chi connectivity index (χ3n) is 3.36. The molecule has 0 spiro atoms. The van der Waals surface area contributed by atoms with Gasteiger partial charge in [-0.1, -0.05) is 18.5 Å². The maximum Gasteiger partial charge on any atom is 0.139 e. The molecule has 4 nitrogen and oxygen atoms in total. The Balaban J connectivity index is 1.88. The second-order valence-corrected chi connectivity index (χ2v) is 5.02. The number of morpholine rings is 1. The van der Waals surface area contributed by atoms with E-state index in [1.165, 1.54) is 0 Å². The zero-order chi connectivity index (χ0) is 13.7. The fraction of sp³-hybridized carbons (Fsp3) is 0.571. The summed E-state index contributed by atoms with van der Waals surface area (Å²) in [5.74, 6) is 0.686. The lowest BCUT2D eigenvalue weighted by Crippen LogP contribution is -2.45. The summed E-state index contributed by atoms with van der Waals surface area (Å²) in [4.78, 5) is 2.40. The van der Waals surface area contributed by atoms with Crippen LogP contribution in [0.15, 0.2) is 18.2 Å². The number of methoxy groups -OCH3 is 1. The number of anilines is 1. The van der Waals surface area contributed by atoms with Gasteiger partial charge < -0.3 is 14.8 Å². The van der Waals surface area contributed by atoms with Gasteiger partial charge in [0.25, 0.3) is 0 Å². The molecule has 0 bridgehead atoms. The molecule has 0 aliphatic carbocycles. The number of nitrogens with zero attached hydrogens (tertiary/aromatic N) is 1. The standard InChI is InChI=1S/C14H21ClN2O2/c1-3-17-6-7-19-12(10-17)9-16-11-4-5-13(15)14(8-11)18-2/h4-5,8,12,16H,3,6-7,9-10H2,1-2H3. The van der Waals surface area contributed by atoms with Gasteiger partial charge in [0.2, 0.25) is 0 Å². The maximum absolute atomic E-state index is 6.00. The van der Waals surface area contributed by atoms with Crippen LogP contribution in [0.1, 0.15) is 6.92 Å². The molecule has 0 aromatic heterocycles. The van der Waals surface area contributed by atoms with E-state index in [4.69, 9.17) is 21.1 Å². The van der Waals surface area contributed by atoms with Crippen LogP contribution in [0.25, 0.3) is 0 Å². The highest BCUT2D eigenvalue weighted by Crippen LogP contribution is 2.27. The predicted molar refractivity (Wildman–Crippen MR) is 78.3 cm³/mol. The second kappa shape index (κ2) is 6.98. The monoisotopic (exact) mass is 284 g/mol. The second-order valence-electron chi connectivity index (χ2n) is 4.62. The van der Waals surface area contributed by atoms with Crippen molar-refractivity contribution in [1.29, 1.82) is 0 Å². The smallest absolute Gasteiger partial charge is 0.139 e. The van der Waals surface area contributed by atoms with Crippen molar-refractivity contribution in [2.24, 2.45) is 0 Å². The Morgan fingerprint density at radius 2 is 2.37 bits per heavy atom. The van der Waals surface area contributed by atoms with Gasteiger partial charge in [-0.05, 0) is 18.7 Å². The molecule has 1 aromatic rings. The first-order valence-corrected chi connectivity index (χ1v) is 7.02. The molecule has 1 aliphatic heterocycles. The normalized spacial score (nSPS) is 20.3. The maximum atomic E-state index is 6.00. The van der Waals surface area contributed by atoms with Crippen LogP contribution >= 0.6 is 11.6 Å². The van der Waals surface area contributed by atoms with E-state index in [9.17, 15) is 0 Å². The van der Waals surface area contributed by atoms with Gasteiger partial charge in [-0.25, -0.2) is 0 Å². The minimum Gasteiger partial charge on any atom is -0.495 e. The number of hydrogen-bond acceptors (Lipinski definition) is 4. The molecule has 1 aliphatic rings. The van der Waals surface area contributed by atoms with Crippen molar-refractivity contribution in [2.75, 3.05) is 45.2 Å². The lowest BCUT2D eigenvalue weighted by Gasteiger charge is -2.32. The molecule has 19 heavy (non-hydrogen) atoms. The SMILES string of the molecule is CCN1CCOC(CNc2ccc(Cl)c(OC)c2)C1. The van der Waals surface area contributed by atoms with Gasteiger partial charge in [-0.3, -0.25) is 4.90 Å². The topological polar surface area (TPSA) is 33.7 Å². The van der Waals surface area contributed by atoms with Crippen LogP contribution in [0.5, 0.6) is 5.75 Å². The Kier molecular flexibility index (Phi) is 5.31. The highest BCUT2D eigenvalue weighted by atomic mass is 35.5. The van der Waals surface area contributed by atoms with Crippen LogP contribution in [0.4, 0.5) is 5.69 Å². The molecule has 1 fully saturated rings. The average Bonchev–Trinajstić information content (AvgIpc) is 2.46. The largest absolute Gasteiger partial charge is 0.495 e. The van der Waals surface area contributed by atoms with Crippen molar-refractivity contribution in [3.63, 3.8) is 0 Å². The summed E-state index contributed by atoms with van der Waals surface area (Å²) in [5, 5.41) is 3.99. The van der Waals surface area contributed by atoms with Gasteiger partial charge in [-0.15, -0.1) is 0 Å². The van der Waals surface area contributed by atoms with E-state index in [0.29, 0.717) is 10.8 Å². The molecule has 0 radical (unpaired) electrons. The highest BCUT2D eigenvalue weighted by Gasteiger charge is 2.18. The number of benzene rings is 1. The minimum absolute atomic E-state index is 0.232. The Labute approximate surface area is 119 Å². The van der Waals surface area contributed by atoms with Crippen LogP contribution in [0, 0.1) is 0 Å². The fourth-order valence-corrected chi connectivity index (χ4v) is 2.39. The molecule has 1 N–H and O–H groups in total. The Bertz CT molecular complexity index is 414. The first-order valence-electron chi connectivity index (χ1n) is 6.64. The van der Waals surface area contributed by atoms with E-state index in [2.05, 4.69) is 17.1 Å². The van der Waals surface area contributed by atoms with Gasteiger partial charge in [0.05, 0.1) is 24.8 Å². The molecule has 0 saturated carbocycles. The van der Waals surface area contributed by atoms with Crippen molar-refractivity contribution in [3.05, 3.63) is 23.2 Å². The van der Waals surface area contributed by atoms with Gasteiger partial charge >= 0.3 is 0 Å². The number of nitrogens with one attached hydrogen (secondary N) is 1. The first-order chi connectivity index (χ1) is 9.22. The van der Waals surface area contributed by atoms with Crippen molar-refractivity contribution < 1.29 is 9.47 Å². The van der Waals surface area contributed by atoms with Gasteiger partial charge in [0.15, 0.2) is 0 Å². The number of halogens is 1. The third kappa shape index (κ3) is 4.00. The minimum atomic E-state index is 0.232. The molecule has 5 heteroatoms. The number of hydrogen-bond donors (Lipinski definition) is 1. The number of rotatable bonds is 5. The van der Waals surface area contributed by atoms with Crippen LogP contribution < -0.4 is 10.1 Å². The van der Waals surface area contributed by atoms with Gasteiger partial charge in [-0.2, -0.15) is 0 Å². The lowest BCUT2D eigenvalue weighted by molar-refractivity contribution is -0.0191. The molecule has 1 atom stereocenters. The summed E-state index contributed by atoms with van der Waals surface area (Å²) in [6, 6.07) is 5.69. The van der Waals surface area contributed by atoms with Crippen molar-refractivity contribution >= 4 is 17.3 Å². The van der Waals surface area contributed by atoms with E-state index >= 15 is 0 Å². The molecule has 1 saturated heterocycles. The summed E-state index contributed by atoms with van der Waals surface area (Å²) in [5.41, 5.74) is 0.999. The van der Waals surface area contributed by atoms with Gasteiger partial charge in [0, 0.05) is 31.4 Å². The zero-order valence-corrected chi connectivity index (χ0v) is 12.2. The molecule has 0 amide bonds. The zero-order valence-electron chi connectivity index (χ0n) is 11.5. The van der Waals surface area contributed by atoms with Crippen LogP contribution in [0.3, 0.4) is 0 Å². The summed E-state index contributed by atoms with van der Waals surface area (Å²) in [7, 11) is 1.62. The summed E-state index contributed by atoms with van der Waals surface area (Å²) in [6.07, 6.45) is 0.232. The Morgan fingerprint density at radius 3 is 3.11 bits per heavy atom. The predicted octanol–water partition coefficient (Wildman–Crippen LogP) is 2.48. The van der Waals surface area contributed by atoms with E-state index in [1.54, 1.807) is 7.11 Å². The first kappa shape index (κ1) is 14.4. The van der Waals surface area contributed by atoms with E-state index in [-0.39, 0.29) is 6.10 Å². The molecule has 1 aromatic carbocycles. The lowest BCUT2D eigenvalue weighted by atomic mass is 10.2. The van der Waals surface area contributed by atoms with E-state index < -0.39 is 0 Å². The summed E-state index contributed by atoms with van der Waals surface area (Å²) >= 11 is 6.00.